The summed E-state index contributed by atoms with van der Waals surface area (Å²) in [6.07, 6.45) is 4.55. The fourth-order valence-corrected chi connectivity index (χ4v) is 2.52. The van der Waals surface area contributed by atoms with Crippen LogP contribution in [-0.4, -0.2) is 39.1 Å². The third-order valence-electron chi connectivity index (χ3n) is 3.26. The lowest BCUT2D eigenvalue weighted by atomic mass is 10.4. The van der Waals surface area contributed by atoms with Gasteiger partial charge in [-0.3, -0.25) is 9.36 Å². The first-order chi connectivity index (χ1) is 10.6. The summed E-state index contributed by atoms with van der Waals surface area (Å²) in [6, 6.07) is 0. The molecule has 0 spiro atoms. The van der Waals surface area contributed by atoms with Crippen molar-refractivity contribution >= 4 is 32.7 Å². The van der Waals surface area contributed by atoms with Crippen LogP contribution in [0.1, 0.15) is 11.5 Å². The number of hydrogen-bond donors (Lipinski definition) is 1. The van der Waals surface area contributed by atoms with Gasteiger partial charge in [-0.25, -0.2) is 24.5 Å². The molecule has 4 aromatic heterocycles. The fraction of sp³-hybridized carbons (Fsp3) is 0.167. The highest BCUT2D eigenvalue weighted by Crippen LogP contribution is 2.11. The molecule has 0 fully saturated rings. The summed E-state index contributed by atoms with van der Waals surface area (Å²) in [4.78, 5) is 32.3. The van der Waals surface area contributed by atoms with E-state index in [9.17, 15) is 4.79 Å². The van der Waals surface area contributed by atoms with Crippen molar-refractivity contribution in [3.63, 3.8) is 0 Å². The Morgan fingerprint density at radius 1 is 1.27 bits per heavy atom. The van der Waals surface area contributed by atoms with Crippen molar-refractivity contribution < 1.29 is 0 Å². The van der Waals surface area contributed by atoms with Gasteiger partial charge in [-0.1, -0.05) is 0 Å². The van der Waals surface area contributed by atoms with Crippen LogP contribution in [0.15, 0.2) is 28.2 Å². The summed E-state index contributed by atoms with van der Waals surface area (Å²) in [6.45, 7) is 2.03. The normalized spacial score (nSPS) is 11.5. The zero-order valence-corrected chi connectivity index (χ0v) is 12.9. The van der Waals surface area contributed by atoms with Crippen molar-refractivity contribution in [1.29, 1.82) is 0 Å². The Hall–Kier alpha value is -2.62. The van der Waals surface area contributed by atoms with Crippen molar-refractivity contribution in [3.05, 3.63) is 45.3 Å². The van der Waals surface area contributed by atoms with Gasteiger partial charge >= 0.3 is 0 Å². The zero-order chi connectivity index (χ0) is 15.3. The smallest absolute Gasteiger partial charge is 0.280 e. The summed E-state index contributed by atoms with van der Waals surface area (Å²) in [5, 5.41) is 4.16. The lowest BCUT2D eigenvalue weighted by Gasteiger charge is -2.03. The fourth-order valence-electron chi connectivity index (χ4n) is 2.24. The van der Waals surface area contributed by atoms with Gasteiger partial charge in [-0.05, 0) is 22.9 Å². The Kier molecular flexibility index (Phi) is 2.79. The Balaban J connectivity index is 1.80. The maximum atomic E-state index is 12.5. The summed E-state index contributed by atoms with van der Waals surface area (Å²) >= 11 is 3.25. The average Bonchev–Trinajstić information content (AvgIpc) is 3.05. The highest BCUT2D eigenvalue weighted by molar-refractivity contribution is 9.10. The molecule has 4 heterocycles. The zero-order valence-electron chi connectivity index (χ0n) is 11.4. The second-order valence-corrected chi connectivity index (χ2v) is 5.55. The summed E-state index contributed by atoms with van der Waals surface area (Å²) < 4.78 is 3.55. The largest absolute Gasteiger partial charge is 0.324 e. The van der Waals surface area contributed by atoms with E-state index in [1.165, 1.54) is 21.7 Å². The Bertz CT molecular complexity index is 1060. The van der Waals surface area contributed by atoms with E-state index in [0.29, 0.717) is 32.9 Å². The van der Waals surface area contributed by atoms with Gasteiger partial charge in [0.1, 0.15) is 23.1 Å². The van der Waals surface area contributed by atoms with Gasteiger partial charge in [0.25, 0.3) is 5.56 Å². The van der Waals surface area contributed by atoms with Crippen LogP contribution in [0, 0.1) is 6.92 Å². The molecule has 22 heavy (non-hydrogen) atoms. The molecule has 0 saturated carbocycles. The molecule has 0 aliphatic heterocycles. The highest BCUT2D eigenvalue weighted by Gasteiger charge is 2.11. The maximum absolute atomic E-state index is 12.5. The van der Waals surface area contributed by atoms with E-state index in [0.717, 1.165) is 0 Å². The third kappa shape index (κ3) is 1.99. The van der Waals surface area contributed by atoms with Crippen molar-refractivity contribution in [2.24, 2.45) is 0 Å². The van der Waals surface area contributed by atoms with Crippen molar-refractivity contribution in [3.8, 4) is 0 Å². The van der Waals surface area contributed by atoms with Crippen LogP contribution in [0.3, 0.4) is 0 Å². The molecule has 0 aliphatic rings. The number of aromatic amines is 1. The second-order valence-electron chi connectivity index (χ2n) is 4.74. The van der Waals surface area contributed by atoms with Crippen molar-refractivity contribution in [2.45, 2.75) is 13.5 Å². The Labute approximate surface area is 131 Å². The third-order valence-corrected chi connectivity index (χ3v) is 3.64. The first kappa shape index (κ1) is 13.1. The van der Waals surface area contributed by atoms with Gasteiger partial charge in [-0.15, -0.1) is 0 Å². The van der Waals surface area contributed by atoms with Crippen molar-refractivity contribution in [1.82, 2.24) is 39.1 Å². The molecule has 4 rings (SSSR count). The number of hydrogen-bond acceptors (Lipinski definition) is 6. The van der Waals surface area contributed by atoms with Crippen molar-refractivity contribution in [2.75, 3.05) is 0 Å². The van der Waals surface area contributed by atoms with E-state index in [1.54, 1.807) is 13.1 Å². The number of H-pyrrole nitrogens is 1. The first-order valence-corrected chi connectivity index (χ1v) is 7.17. The molecule has 1 N–H and O–H groups in total. The number of fused-ring (bicyclic) bond motifs is 2. The topological polar surface area (TPSA) is 107 Å². The molecule has 9 nitrogen and oxygen atoms in total. The van der Waals surface area contributed by atoms with E-state index in [-0.39, 0.29) is 12.1 Å². The second kappa shape index (κ2) is 4.70. The van der Waals surface area contributed by atoms with Gasteiger partial charge in [0.15, 0.2) is 16.8 Å². The van der Waals surface area contributed by atoms with Crippen LogP contribution in [0.4, 0.5) is 0 Å². The standard InChI is InChI=1S/C12H9BrN8O/c1-6-9-12(22)20(5-16-21(9)4-15-6)3-8-18-10-11(19-8)17-7(13)2-14-10/h2,4-5H,3H2,1H3,(H,14,17,18,19). The van der Waals surface area contributed by atoms with E-state index in [2.05, 4.69) is 45.9 Å². The highest BCUT2D eigenvalue weighted by atomic mass is 79.9. The monoisotopic (exact) mass is 360 g/mol. The molecule has 0 radical (unpaired) electrons. The molecule has 0 atom stereocenters. The molecule has 4 aromatic rings. The molecule has 0 saturated heterocycles. The van der Waals surface area contributed by atoms with E-state index < -0.39 is 0 Å². The predicted octanol–water partition coefficient (Wildman–Crippen LogP) is 0.677. The van der Waals surface area contributed by atoms with Crippen LogP contribution in [-0.2, 0) is 6.54 Å². The molecular weight excluding hydrogens is 352 g/mol. The lowest BCUT2D eigenvalue weighted by Crippen LogP contribution is -2.24. The quantitative estimate of drug-likeness (QED) is 0.563. The Morgan fingerprint density at radius 3 is 3.00 bits per heavy atom. The van der Waals surface area contributed by atoms with Crippen LogP contribution >= 0.6 is 15.9 Å². The van der Waals surface area contributed by atoms with Gasteiger partial charge in [0.2, 0.25) is 0 Å². The first-order valence-electron chi connectivity index (χ1n) is 6.38. The molecule has 0 unspecified atom stereocenters. The number of nitrogens with one attached hydrogen (secondary N) is 1. The predicted molar refractivity (Wildman–Crippen MR) is 80.5 cm³/mol. The number of aryl methyl sites for hydroxylation is 1. The molecule has 0 bridgehead atoms. The van der Waals surface area contributed by atoms with E-state index >= 15 is 0 Å². The SMILES string of the molecule is Cc1ncn2ncn(Cc3nc4ncc(Br)nc4[nH]3)c(=O)c12. The molecule has 0 aromatic carbocycles. The number of rotatable bonds is 2. The van der Waals surface area contributed by atoms with E-state index in [1.807, 2.05) is 0 Å². The number of aromatic nitrogens is 8. The van der Waals surface area contributed by atoms with Gasteiger partial charge < -0.3 is 4.98 Å². The van der Waals surface area contributed by atoms with E-state index in [4.69, 9.17) is 0 Å². The number of nitrogens with zero attached hydrogens (tertiary/aromatic N) is 7. The van der Waals surface area contributed by atoms with Crippen LogP contribution in [0.5, 0.6) is 0 Å². The van der Waals surface area contributed by atoms with Crippen LogP contribution in [0.25, 0.3) is 16.8 Å². The minimum atomic E-state index is -0.174. The number of imidazole rings is 2. The minimum absolute atomic E-state index is 0.174. The Morgan fingerprint density at radius 2 is 2.14 bits per heavy atom. The number of halogens is 1. The summed E-state index contributed by atoms with van der Waals surface area (Å²) in [5.74, 6) is 0.582. The molecule has 0 aliphatic carbocycles. The molecule has 10 heteroatoms. The maximum Gasteiger partial charge on any atom is 0.280 e. The summed E-state index contributed by atoms with van der Waals surface area (Å²) in [5.41, 5.74) is 1.99. The van der Waals surface area contributed by atoms with Gasteiger partial charge in [0, 0.05) is 0 Å². The van der Waals surface area contributed by atoms with Gasteiger partial charge in [0.05, 0.1) is 18.4 Å². The minimum Gasteiger partial charge on any atom is -0.324 e. The van der Waals surface area contributed by atoms with Gasteiger partial charge in [-0.2, -0.15) is 5.10 Å². The molecular formula is C12H9BrN8O. The summed E-state index contributed by atoms with van der Waals surface area (Å²) in [7, 11) is 0. The van der Waals surface area contributed by atoms with Crippen LogP contribution in [0.2, 0.25) is 0 Å². The average molecular weight is 361 g/mol. The molecule has 110 valence electrons. The molecule has 0 amide bonds. The lowest BCUT2D eigenvalue weighted by molar-refractivity contribution is 0.681. The van der Waals surface area contributed by atoms with Crippen LogP contribution < -0.4 is 5.56 Å².